The van der Waals surface area contributed by atoms with Gasteiger partial charge in [-0.1, -0.05) is 63.6 Å². The maximum atomic E-state index is 12.8. The number of nitrogens with zero attached hydrogens (tertiary/aromatic N) is 2. The predicted octanol–water partition coefficient (Wildman–Crippen LogP) is 7.05. The number of thioether (sulfide) groups is 1. The summed E-state index contributed by atoms with van der Waals surface area (Å²) < 4.78 is 0.908. The molecule has 0 aliphatic carbocycles. The lowest BCUT2D eigenvalue weighted by atomic mass is 10.1. The summed E-state index contributed by atoms with van der Waals surface area (Å²) in [5.41, 5.74) is 2.38. The molecule has 0 aromatic heterocycles. The predicted molar refractivity (Wildman–Crippen MR) is 134 cm³/mol. The summed E-state index contributed by atoms with van der Waals surface area (Å²) in [4.78, 5) is 39.3. The molecule has 1 aliphatic heterocycles. The second kappa shape index (κ2) is 9.94. The lowest BCUT2D eigenvalue weighted by molar-refractivity contribution is -0.387. The highest BCUT2D eigenvalue weighted by Gasteiger charge is 2.35. The van der Waals surface area contributed by atoms with Crippen molar-refractivity contribution in [1.29, 1.82) is 0 Å². The third-order valence-corrected chi connectivity index (χ3v) is 7.36. The number of nitro groups is 1. The quantitative estimate of drug-likeness (QED) is 0.189. The molecule has 166 valence electrons. The van der Waals surface area contributed by atoms with E-state index < -0.39 is 10.8 Å². The minimum absolute atomic E-state index is 0.0524. The van der Waals surface area contributed by atoms with E-state index in [2.05, 4.69) is 15.9 Å². The SMILES string of the molecule is Cc1ccc(Sc2ccc(/C=C3\SC(=O)N(Cc4ccc(Br)cc4)C3=O)cc2[N+](=O)[O-])cc1. The average molecular weight is 541 g/mol. The van der Waals surface area contributed by atoms with Crippen molar-refractivity contribution in [3.63, 3.8) is 0 Å². The van der Waals surface area contributed by atoms with E-state index in [1.165, 1.54) is 28.8 Å². The Bertz CT molecular complexity index is 1270. The van der Waals surface area contributed by atoms with Crippen molar-refractivity contribution in [3.8, 4) is 0 Å². The largest absolute Gasteiger partial charge is 0.293 e. The van der Waals surface area contributed by atoms with E-state index in [0.717, 1.165) is 32.3 Å². The minimum atomic E-state index is -0.437. The highest BCUT2D eigenvalue weighted by molar-refractivity contribution is 9.10. The molecule has 4 rings (SSSR count). The molecule has 1 aliphatic rings. The number of aryl methyl sites for hydroxylation is 1. The molecule has 1 saturated heterocycles. The van der Waals surface area contributed by atoms with Gasteiger partial charge in [0.05, 0.1) is 21.3 Å². The van der Waals surface area contributed by atoms with Crippen LogP contribution in [-0.2, 0) is 11.3 Å². The van der Waals surface area contributed by atoms with E-state index in [4.69, 9.17) is 0 Å². The number of rotatable bonds is 6. The Labute approximate surface area is 207 Å². The van der Waals surface area contributed by atoms with E-state index in [9.17, 15) is 19.7 Å². The van der Waals surface area contributed by atoms with Crippen LogP contribution in [-0.4, -0.2) is 21.0 Å². The Kier molecular flexibility index (Phi) is 7.02. The lowest BCUT2D eigenvalue weighted by Gasteiger charge is -2.12. The lowest BCUT2D eigenvalue weighted by Crippen LogP contribution is -2.27. The number of nitro benzene ring substituents is 1. The molecule has 3 aromatic rings. The Morgan fingerprint density at radius 1 is 1.06 bits per heavy atom. The molecule has 0 spiro atoms. The van der Waals surface area contributed by atoms with E-state index in [1.807, 2.05) is 55.5 Å². The fourth-order valence-electron chi connectivity index (χ4n) is 3.15. The van der Waals surface area contributed by atoms with Gasteiger partial charge in [0.1, 0.15) is 0 Å². The monoisotopic (exact) mass is 540 g/mol. The van der Waals surface area contributed by atoms with Gasteiger partial charge in [-0.15, -0.1) is 0 Å². The summed E-state index contributed by atoms with van der Waals surface area (Å²) in [5, 5.41) is 11.3. The topological polar surface area (TPSA) is 80.5 Å². The minimum Gasteiger partial charge on any atom is -0.268 e. The third kappa shape index (κ3) is 5.55. The Morgan fingerprint density at radius 3 is 2.42 bits per heavy atom. The van der Waals surface area contributed by atoms with Gasteiger partial charge in [0.2, 0.25) is 0 Å². The van der Waals surface area contributed by atoms with E-state index >= 15 is 0 Å². The van der Waals surface area contributed by atoms with Crippen LogP contribution in [0.2, 0.25) is 0 Å². The molecule has 0 radical (unpaired) electrons. The van der Waals surface area contributed by atoms with Gasteiger partial charge in [-0.3, -0.25) is 24.6 Å². The number of carbonyl (C=O) groups is 2. The first kappa shape index (κ1) is 23.3. The van der Waals surface area contributed by atoms with Gasteiger partial charge in [-0.25, -0.2) is 0 Å². The van der Waals surface area contributed by atoms with Crippen LogP contribution in [0.15, 0.2) is 85.9 Å². The first-order chi connectivity index (χ1) is 15.8. The molecule has 0 bridgehead atoms. The molecule has 0 N–H and O–H groups in total. The van der Waals surface area contributed by atoms with E-state index in [0.29, 0.717) is 10.5 Å². The fourth-order valence-corrected chi connectivity index (χ4v) is 5.15. The Balaban J connectivity index is 1.56. The molecule has 1 heterocycles. The van der Waals surface area contributed by atoms with Gasteiger partial charge in [-0.2, -0.15) is 0 Å². The molecule has 0 atom stereocenters. The molecule has 0 unspecified atom stereocenters. The van der Waals surface area contributed by atoms with Gasteiger partial charge in [0.15, 0.2) is 0 Å². The van der Waals surface area contributed by atoms with Crippen LogP contribution < -0.4 is 0 Å². The third-order valence-electron chi connectivity index (χ3n) is 4.85. The second-order valence-electron chi connectivity index (χ2n) is 7.29. The van der Waals surface area contributed by atoms with Gasteiger partial charge in [0.25, 0.3) is 16.8 Å². The van der Waals surface area contributed by atoms with Crippen LogP contribution in [0.4, 0.5) is 10.5 Å². The van der Waals surface area contributed by atoms with Crippen LogP contribution in [0.3, 0.4) is 0 Å². The zero-order chi connectivity index (χ0) is 23.5. The first-order valence-electron chi connectivity index (χ1n) is 9.83. The summed E-state index contributed by atoms with van der Waals surface area (Å²) in [6.07, 6.45) is 1.53. The summed E-state index contributed by atoms with van der Waals surface area (Å²) in [7, 11) is 0. The van der Waals surface area contributed by atoms with Crippen LogP contribution in [0.25, 0.3) is 6.08 Å². The number of imide groups is 1. The van der Waals surface area contributed by atoms with Crippen LogP contribution in [0, 0.1) is 17.0 Å². The number of halogens is 1. The summed E-state index contributed by atoms with van der Waals surface area (Å²) in [6.45, 7) is 2.15. The molecule has 0 saturated carbocycles. The molecule has 1 fully saturated rings. The second-order valence-corrected chi connectivity index (χ2v) is 10.3. The van der Waals surface area contributed by atoms with Crippen LogP contribution >= 0.6 is 39.5 Å². The van der Waals surface area contributed by atoms with Crippen molar-refractivity contribution in [2.75, 3.05) is 0 Å². The van der Waals surface area contributed by atoms with Crippen LogP contribution in [0.1, 0.15) is 16.7 Å². The van der Waals surface area contributed by atoms with Gasteiger partial charge in [0, 0.05) is 15.4 Å². The highest BCUT2D eigenvalue weighted by atomic mass is 79.9. The smallest absolute Gasteiger partial charge is 0.268 e. The Hall–Kier alpha value is -2.88. The first-order valence-corrected chi connectivity index (χ1v) is 12.3. The molecule has 6 nitrogen and oxygen atoms in total. The average Bonchev–Trinajstić information content (AvgIpc) is 3.05. The van der Waals surface area contributed by atoms with E-state index in [-0.39, 0.29) is 22.4 Å². The zero-order valence-corrected chi connectivity index (χ0v) is 20.6. The van der Waals surface area contributed by atoms with Crippen molar-refractivity contribution < 1.29 is 14.5 Å². The Morgan fingerprint density at radius 2 is 1.76 bits per heavy atom. The number of amides is 2. The molecule has 33 heavy (non-hydrogen) atoms. The molecule has 2 amide bonds. The maximum Gasteiger partial charge on any atom is 0.293 e. The standard InChI is InChI=1S/C24H17BrN2O4S2/c1-15-2-9-19(10-3-15)32-21-11-6-17(12-20(21)27(30)31)13-22-23(28)26(24(29)33-22)14-16-4-7-18(25)8-5-16/h2-13H,14H2,1H3/b22-13-. The summed E-state index contributed by atoms with van der Waals surface area (Å²) in [6, 6.07) is 19.9. The number of benzene rings is 3. The molecular formula is C24H17BrN2O4S2. The zero-order valence-electron chi connectivity index (χ0n) is 17.4. The number of hydrogen-bond acceptors (Lipinski definition) is 6. The van der Waals surface area contributed by atoms with Gasteiger partial charge >= 0.3 is 0 Å². The molecular weight excluding hydrogens is 524 g/mol. The number of carbonyl (C=O) groups excluding carboxylic acids is 2. The summed E-state index contributed by atoms with van der Waals surface area (Å²) in [5.74, 6) is -0.409. The van der Waals surface area contributed by atoms with Crippen molar-refractivity contribution in [2.24, 2.45) is 0 Å². The van der Waals surface area contributed by atoms with Crippen molar-refractivity contribution in [1.82, 2.24) is 4.90 Å². The van der Waals surface area contributed by atoms with Gasteiger partial charge in [-0.05, 0) is 66.2 Å². The molecule has 9 heteroatoms. The fraction of sp³-hybridized carbons (Fsp3) is 0.0833. The van der Waals surface area contributed by atoms with Gasteiger partial charge < -0.3 is 0 Å². The van der Waals surface area contributed by atoms with Crippen molar-refractivity contribution >= 4 is 62.4 Å². The molecule has 3 aromatic carbocycles. The van der Waals surface area contributed by atoms with Crippen molar-refractivity contribution in [2.45, 2.75) is 23.3 Å². The normalized spacial score (nSPS) is 14.8. The van der Waals surface area contributed by atoms with Crippen molar-refractivity contribution in [3.05, 3.63) is 103 Å². The summed E-state index contributed by atoms with van der Waals surface area (Å²) >= 11 is 5.50. The highest BCUT2D eigenvalue weighted by Crippen LogP contribution is 2.38. The maximum absolute atomic E-state index is 12.8. The van der Waals surface area contributed by atoms with Crippen LogP contribution in [0.5, 0.6) is 0 Å². The number of hydrogen-bond donors (Lipinski definition) is 0. The van der Waals surface area contributed by atoms with E-state index in [1.54, 1.807) is 12.1 Å².